The summed E-state index contributed by atoms with van der Waals surface area (Å²) in [6, 6.07) is 8.97. The molecule has 1 aromatic carbocycles. The number of hydrogen-bond acceptors (Lipinski definition) is 2. The molecule has 2 nitrogen and oxygen atoms in total. The summed E-state index contributed by atoms with van der Waals surface area (Å²) in [6.07, 6.45) is -3.64. The molecule has 0 heterocycles. The fourth-order valence-electron chi connectivity index (χ4n) is 1.50. The predicted molar refractivity (Wildman–Crippen MR) is 60.7 cm³/mol. The second-order valence-electron chi connectivity index (χ2n) is 3.73. The molecule has 0 bridgehead atoms. The van der Waals surface area contributed by atoms with Crippen molar-refractivity contribution in [2.75, 3.05) is 0 Å². The summed E-state index contributed by atoms with van der Waals surface area (Å²) in [4.78, 5) is 10.7. The first-order chi connectivity index (χ1) is 8.50. The van der Waals surface area contributed by atoms with Crippen molar-refractivity contribution in [1.82, 2.24) is 0 Å². The SMILES string of the molecule is CC(=O)O[C@@H](CCc1ccccc1)C(F)=C(F)F. The quantitative estimate of drug-likeness (QED) is 0.754. The van der Waals surface area contributed by atoms with E-state index in [1.165, 1.54) is 0 Å². The molecule has 0 spiro atoms. The molecule has 98 valence electrons. The summed E-state index contributed by atoms with van der Waals surface area (Å²) in [5.41, 5.74) is 0.863. The summed E-state index contributed by atoms with van der Waals surface area (Å²) in [5.74, 6) is -2.47. The van der Waals surface area contributed by atoms with Crippen molar-refractivity contribution in [3.05, 3.63) is 47.8 Å². The molecule has 0 fully saturated rings. The van der Waals surface area contributed by atoms with Gasteiger partial charge in [-0.25, -0.2) is 4.39 Å². The summed E-state index contributed by atoms with van der Waals surface area (Å²) >= 11 is 0. The molecular formula is C13H13F3O2. The molecule has 0 aromatic heterocycles. The average Bonchev–Trinajstić information content (AvgIpc) is 2.34. The molecule has 1 rings (SSSR count). The Hall–Kier alpha value is -1.78. The van der Waals surface area contributed by atoms with Gasteiger partial charge in [0.25, 0.3) is 0 Å². The van der Waals surface area contributed by atoms with Gasteiger partial charge in [0.05, 0.1) is 0 Å². The van der Waals surface area contributed by atoms with E-state index < -0.39 is 24.0 Å². The first-order valence-electron chi connectivity index (χ1n) is 5.42. The van der Waals surface area contributed by atoms with Gasteiger partial charge in [0, 0.05) is 6.92 Å². The third-order valence-electron chi connectivity index (χ3n) is 2.31. The van der Waals surface area contributed by atoms with Gasteiger partial charge in [0.1, 0.15) is 0 Å². The highest BCUT2D eigenvalue weighted by molar-refractivity contribution is 5.66. The molecule has 5 heteroatoms. The minimum absolute atomic E-state index is 0.0211. The number of hydrogen-bond donors (Lipinski definition) is 0. The fourth-order valence-corrected chi connectivity index (χ4v) is 1.50. The van der Waals surface area contributed by atoms with Crippen molar-refractivity contribution in [3.63, 3.8) is 0 Å². The van der Waals surface area contributed by atoms with Crippen LogP contribution in [0.5, 0.6) is 0 Å². The van der Waals surface area contributed by atoms with Crippen LogP contribution in [0.4, 0.5) is 13.2 Å². The highest BCUT2D eigenvalue weighted by atomic mass is 19.3. The van der Waals surface area contributed by atoms with Gasteiger partial charge in [-0.3, -0.25) is 4.79 Å². The van der Waals surface area contributed by atoms with E-state index >= 15 is 0 Å². The third-order valence-corrected chi connectivity index (χ3v) is 2.31. The number of halogens is 3. The van der Waals surface area contributed by atoms with Gasteiger partial charge in [0.2, 0.25) is 5.83 Å². The van der Waals surface area contributed by atoms with Crippen LogP contribution in [0.2, 0.25) is 0 Å². The highest BCUT2D eigenvalue weighted by Gasteiger charge is 2.22. The molecule has 18 heavy (non-hydrogen) atoms. The van der Waals surface area contributed by atoms with Crippen LogP contribution in [0.3, 0.4) is 0 Å². The first-order valence-corrected chi connectivity index (χ1v) is 5.42. The summed E-state index contributed by atoms with van der Waals surface area (Å²) < 4.78 is 42.0. The molecule has 0 amide bonds. The number of ether oxygens (including phenoxy) is 1. The van der Waals surface area contributed by atoms with Crippen molar-refractivity contribution in [2.24, 2.45) is 0 Å². The Labute approximate surface area is 103 Å². The number of rotatable bonds is 5. The van der Waals surface area contributed by atoms with E-state index in [0.717, 1.165) is 12.5 Å². The number of aryl methyl sites for hydroxylation is 1. The largest absolute Gasteiger partial charge is 0.455 e. The monoisotopic (exact) mass is 258 g/mol. The Balaban J connectivity index is 2.68. The Kier molecular flexibility index (Phi) is 5.42. The van der Waals surface area contributed by atoms with Gasteiger partial charge in [-0.15, -0.1) is 0 Å². The van der Waals surface area contributed by atoms with E-state index in [0.29, 0.717) is 6.42 Å². The van der Waals surface area contributed by atoms with E-state index in [-0.39, 0.29) is 6.42 Å². The normalized spacial score (nSPS) is 11.8. The van der Waals surface area contributed by atoms with Gasteiger partial charge >= 0.3 is 12.0 Å². The number of carbonyl (C=O) groups excluding carboxylic acids is 1. The van der Waals surface area contributed by atoms with Crippen LogP contribution in [0, 0.1) is 0 Å². The maximum atomic E-state index is 13.1. The lowest BCUT2D eigenvalue weighted by Gasteiger charge is -2.14. The van der Waals surface area contributed by atoms with Gasteiger partial charge in [-0.1, -0.05) is 30.3 Å². The summed E-state index contributed by atoms with van der Waals surface area (Å²) in [6.45, 7) is 1.05. The summed E-state index contributed by atoms with van der Waals surface area (Å²) in [5, 5.41) is 0. The average molecular weight is 258 g/mol. The fraction of sp³-hybridized carbons (Fsp3) is 0.308. The van der Waals surface area contributed by atoms with Crippen LogP contribution >= 0.6 is 0 Å². The first kappa shape index (κ1) is 14.3. The van der Waals surface area contributed by atoms with Crippen LogP contribution in [-0.4, -0.2) is 12.1 Å². The topological polar surface area (TPSA) is 26.3 Å². The van der Waals surface area contributed by atoms with Crippen LogP contribution in [-0.2, 0) is 16.0 Å². The Bertz CT molecular complexity index is 425. The zero-order chi connectivity index (χ0) is 13.5. The lowest BCUT2D eigenvalue weighted by molar-refractivity contribution is -0.145. The standard InChI is InChI=1S/C13H13F3O2/c1-9(17)18-11(12(14)13(15)16)8-7-10-5-3-2-4-6-10/h2-6,11H,7-8H2,1H3/t11-/m0/s1. The molecular weight excluding hydrogens is 245 g/mol. The van der Waals surface area contributed by atoms with E-state index in [2.05, 4.69) is 4.74 Å². The Morgan fingerprint density at radius 1 is 1.22 bits per heavy atom. The van der Waals surface area contributed by atoms with E-state index in [1.807, 2.05) is 6.07 Å². The van der Waals surface area contributed by atoms with Crippen LogP contribution in [0.1, 0.15) is 18.9 Å². The molecule has 0 aliphatic heterocycles. The van der Waals surface area contributed by atoms with Crippen molar-refractivity contribution >= 4 is 5.97 Å². The van der Waals surface area contributed by atoms with Gasteiger partial charge in [0.15, 0.2) is 6.10 Å². The number of benzene rings is 1. The lowest BCUT2D eigenvalue weighted by atomic mass is 10.1. The van der Waals surface area contributed by atoms with Crippen molar-refractivity contribution in [3.8, 4) is 0 Å². The van der Waals surface area contributed by atoms with Crippen LogP contribution in [0.25, 0.3) is 0 Å². The highest BCUT2D eigenvalue weighted by Crippen LogP contribution is 2.21. The van der Waals surface area contributed by atoms with Gasteiger partial charge in [-0.2, -0.15) is 8.78 Å². The second kappa shape index (κ2) is 6.83. The van der Waals surface area contributed by atoms with Crippen molar-refractivity contribution < 1.29 is 22.7 Å². The second-order valence-corrected chi connectivity index (χ2v) is 3.73. The molecule has 0 unspecified atom stereocenters. The van der Waals surface area contributed by atoms with E-state index in [4.69, 9.17) is 0 Å². The van der Waals surface area contributed by atoms with Crippen LogP contribution in [0.15, 0.2) is 42.2 Å². The molecule has 0 saturated carbocycles. The molecule has 0 saturated heterocycles. The van der Waals surface area contributed by atoms with E-state index in [9.17, 15) is 18.0 Å². The third kappa shape index (κ3) is 4.61. The maximum absolute atomic E-state index is 13.1. The summed E-state index contributed by atoms with van der Waals surface area (Å²) in [7, 11) is 0. The maximum Gasteiger partial charge on any atom is 0.305 e. The number of carbonyl (C=O) groups is 1. The minimum atomic E-state index is -2.45. The van der Waals surface area contributed by atoms with Crippen LogP contribution < -0.4 is 0 Å². The number of esters is 1. The van der Waals surface area contributed by atoms with Gasteiger partial charge < -0.3 is 4.74 Å². The zero-order valence-corrected chi connectivity index (χ0v) is 9.83. The zero-order valence-electron chi connectivity index (χ0n) is 9.83. The minimum Gasteiger partial charge on any atom is -0.455 e. The molecule has 0 radical (unpaired) electrons. The molecule has 0 aliphatic rings. The van der Waals surface area contributed by atoms with Gasteiger partial charge in [-0.05, 0) is 18.4 Å². The Morgan fingerprint density at radius 3 is 2.33 bits per heavy atom. The van der Waals surface area contributed by atoms with Crippen molar-refractivity contribution in [1.29, 1.82) is 0 Å². The molecule has 0 aliphatic carbocycles. The molecule has 0 N–H and O–H groups in total. The molecule has 1 aromatic rings. The predicted octanol–water partition coefficient (Wildman–Crippen LogP) is 3.63. The van der Waals surface area contributed by atoms with E-state index in [1.54, 1.807) is 24.3 Å². The molecule has 1 atom stereocenters. The lowest BCUT2D eigenvalue weighted by Crippen LogP contribution is -2.18. The smallest absolute Gasteiger partial charge is 0.305 e. The Morgan fingerprint density at radius 2 is 1.83 bits per heavy atom. The van der Waals surface area contributed by atoms with Crippen molar-refractivity contribution in [2.45, 2.75) is 25.9 Å².